The lowest BCUT2D eigenvalue weighted by Gasteiger charge is -2.15. The van der Waals surface area contributed by atoms with Gasteiger partial charge in [0.2, 0.25) is 0 Å². The number of fused-ring (bicyclic) bond motifs is 1. The molecule has 1 N–H and O–H groups in total. The van der Waals surface area contributed by atoms with Crippen LogP contribution >= 0.6 is 0 Å². The molecule has 0 saturated carbocycles. The minimum Gasteiger partial charge on any atom is -0.497 e. The third kappa shape index (κ3) is 3.03. The van der Waals surface area contributed by atoms with Crippen molar-refractivity contribution < 1.29 is 9.47 Å². The maximum absolute atomic E-state index is 5.44. The van der Waals surface area contributed by atoms with Crippen LogP contribution in [0.4, 0.5) is 0 Å². The fraction of sp³-hybridized carbons (Fsp3) is 0.333. The molecule has 2 aromatic carbocycles. The average Bonchev–Trinajstić information content (AvgIpc) is 2.95. The van der Waals surface area contributed by atoms with Gasteiger partial charge in [0.05, 0.1) is 14.2 Å². The van der Waals surface area contributed by atoms with E-state index in [0.717, 1.165) is 36.4 Å². The lowest BCUT2D eigenvalue weighted by atomic mass is 10.1. The van der Waals surface area contributed by atoms with E-state index in [1.807, 2.05) is 12.1 Å². The first kappa shape index (κ1) is 14.0. The van der Waals surface area contributed by atoms with E-state index in [1.165, 1.54) is 11.1 Å². The number of ether oxygens (including phenoxy) is 2. The molecule has 0 unspecified atom stereocenters. The molecule has 110 valence electrons. The van der Waals surface area contributed by atoms with Crippen LogP contribution in [0.15, 0.2) is 42.5 Å². The molecule has 0 bridgehead atoms. The van der Waals surface area contributed by atoms with E-state index in [4.69, 9.17) is 9.47 Å². The molecular weight excluding hydrogens is 262 g/mol. The van der Waals surface area contributed by atoms with Crippen LogP contribution in [0.2, 0.25) is 0 Å². The molecule has 0 atom stereocenters. The molecule has 0 heterocycles. The summed E-state index contributed by atoms with van der Waals surface area (Å²) in [4.78, 5) is 0. The molecule has 0 amide bonds. The number of hydrogen-bond donors (Lipinski definition) is 1. The summed E-state index contributed by atoms with van der Waals surface area (Å²) in [6.07, 6.45) is 2.21. The second-order valence-corrected chi connectivity index (χ2v) is 5.43. The molecule has 21 heavy (non-hydrogen) atoms. The van der Waals surface area contributed by atoms with Gasteiger partial charge in [0.1, 0.15) is 11.5 Å². The summed E-state index contributed by atoms with van der Waals surface area (Å²) in [5.41, 5.74) is 4.10. The van der Waals surface area contributed by atoms with Crippen molar-refractivity contribution in [2.75, 3.05) is 14.2 Å². The van der Waals surface area contributed by atoms with Crippen LogP contribution in [-0.4, -0.2) is 20.3 Å². The highest BCUT2D eigenvalue weighted by atomic mass is 16.5. The summed E-state index contributed by atoms with van der Waals surface area (Å²) in [5, 5.41) is 3.64. The molecule has 1 aliphatic rings. The van der Waals surface area contributed by atoms with Gasteiger partial charge in [0, 0.05) is 24.2 Å². The summed E-state index contributed by atoms with van der Waals surface area (Å²) in [6.45, 7) is 0.811. The van der Waals surface area contributed by atoms with Gasteiger partial charge in [0.15, 0.2) is 0 Å². The van der Waals surface area contributed by atoms with E-state index in [1.54, 1.807) is 14.2 Å². The lowest BCUT2D eigenvalue weighted by Crippen LogP contribution is -2.29. The number of rotatable bonds is 5. The summed E-state index contributed by atoms with van der Waals surface area (Å²) in [7, 11) is 3.37. The molecule has 0 aliphatic heterocycles. The van der Waals surface area contributed by atoms with Crippen molar-refractivity contribution in [3.05, 3.63) is 59.2 Å². The predicted octanol–water partition coefficient (Wildman–Crippen LogP) is 2.96. The summed E-state index contributed by atoms with van der Waals surface area (Å²) >= 11 is 0. The first-order valence-corrected chi connectivity index (χ1v) is 7.31. The highest BCUT2D eigenvalue weighted by molar-refractivity contribution is 5.41. The zero-order valence-corrected chi connectivity index (χ0v) is 12.6. The van der Waals surface area contributed by atoms with Crippen molar-refractivity contribution in [3.8, 4) is 11.5 Å². The SMILES string of the molecule is COc1ccc(CNC2Cc3ccccc3C2)c(OC)c1. The topological polar surface area (TPSA) is 30.5 Å². The van der Waals surface area contributed by atoms with Gasteiger partial charge in [-0.1, -0.05) is 30.3 Å². The van der Waals surface area contributed by atoms with Crippen molar-refractivity contribution in [1.82, 2.24) is 5.32 Å². The van der Waals surface area contributed by atoms with Crippen LogP contribution in [0, 0.1) is 0 Å². The second kappa shape index (κ2) is 6.19. The van der Waals surface area contributed by atoms with Crippen LogP contribution in [0.1, 0.15) is 16.7 Å². The van der Waals surface area contributed by atoms with Crippen molar-refractivity contribution in [2.24, 2.45) is 0 Å². The van der Waals surface area contributed by atoms with Gasteiger partial charge >= 0.3 is 0 Å². The maximum atomic E-state index is 5.44. The molecule has 3 nitrogen and oxygen atoms in total. The molecule has 0 fully saturated rings. The van der Waals surface area contributed by atoms with Gasteiger partial charge in [-0.2, -0.15) is 0 Å². The van der Waals surface area contributed by atoms with Gasteiger partial charge < -0.3 is 14.8 Å². The Balaban J connectivity index is 1.64. The fourth-order valence-corrected chi connectivity index (χ4v) is 2.96. The minimum atomic E-state index is 0.509. The quantitative estimate of drug-likeness (QED) is 0.915. The first-order valence-electron chi connectivity index (χ1n) is 7.31. The van der Waals surface area contributed by atoms with Gasteiger partial charge in [0.25, 0.3) is 0 Å². The van der Waals surface area contributed by atoms with Crippen molar-refractivity contribution in [2.45, 2.75) is 25.4 Å². The zero-order chi connectivity index (χ0) is 14.7. The predicted molar refractivity (Wildman–Crippen MR) is 84.0 cm³/mol. The molecule has 0 spiro atoms. The van der Waals surface area contributed by atoms with E-state index in [2.05, 4.69) is 35.6 Å². The number of methoxy groups -OCH3 is 2. The number of hydrogen-bond acceptors (Lipinski definition) is 3. The highest BCUT2D eigenvalue weighted by Gasteiger charge is 2.20. The number of nitrogens with one attached hydrogen (secondary N) is 1. The Labute approximate surface area is 125 Å². The Bertz CT molecular complexity index is 599. The fourth-order valence-electron chi connectivity index (χ4n) is 2.96. The Morgan fingerprint density at radius 2 is 1.71 bits per heavy atom. The third-order valence-corrected chi connectivity index (χ3v) is 4.13. The molecule has 0 saturated heterocycles. The molecule has 3 rings (SSSR count). The van der Waals surface area contributed by atoms with E-state index in [9.17, 15) is 0 Å². The van der Waals surface area contributed by atoms with Gasteiger partial charge in [-0.05, 0) is 30.0 Å². The first-order chi connectivity index (χ1) is 10.3. The molecule has 0 aromatic heterocycles. The summed E-state index contributed by atoms with van der Waals surface area (Å²) in [6, 6.07) is 15.2. The summed E-state index contributed by atoms with van der Waals surface area (Å²) in [5.74, 6) is 1.70. The van der Waals surface area contributed by atoms with Crippen molar-refractivity contribution in [3.63, 3.8) is 0 Å². The van der Waals surface area contributed by atoms with Gasteiger partial charge in [-0.3, -0.25) is 0 Å². The van der Waals surface area contributed by atoms with Crippen LogP contribution < -0.4 is 14.8 Å². The highest BCUT2D eigenvalue weighted by Crippen LogP contribution is 2.26. The summed E-state index contributed by atoms with van der Waals surface area (Å²) < 4.78 is 10.7. The molecule has 0 radical (unpaired) electrons. The Kier molecular flexibility index (Phi) is 4.11. The molecule has 3 heteroatoms. The van der Waals surface area contributed by atoms with E-state index >= 15 is 0 Å². The van der Waals surface area contributed by atoms with Crippen LogP contribution in [0.3, 0.4) is 0 Å². The molecule has 1 aliphatic carbocycles. The average molecular weight is 283 g/mol. The third-order valence-electron chi connectivity index (χ3n) is 4.13. The Morgan fingerprint density at radius 1 is 1.00 bits per heavy atom. The molecular formula is C18H21NO2. The monoisotopic (exact) mass is 283 g/mol. The maximum Gasteiger partial charge on any atom is 0.127 e. The van der Waals surface area contributed by atoms with E-state index in [0.29, 0.717) is 6.04 Å². The molecule has 2 aromatic rings. The zero-order valence-electron chi connectivity index (χ0n) is 12.6. The van der Waals surface area contributed by atoms with Crippen LogP contribution in [-0.2, 0) is 19.4 Å². The van der Waals surface area contributed by atoms with Crippen LogP contribution in [0.25, 0.3) is 0 Å². The Morgan fingerprint density at radius 3 is 2.33 bits per heavy atom. The van der Waals surface area contributed by atoms with Crippen molar-refractivity contribution >= 4 is 0 Å². The lowest BCUT2D eigenvalue weighted by molar-refractivity contribution is 0.388. The van der Waals surface area contributed by atoms with E-state index in [-0.39, 0.29) is 0 Å². The van der Waals surface area contributed by atoms with Crippen LogP contribution in [0.5, 0.6) is 11.5 Å². The number of benzene rings is 2. The van der Waals surface area contributed by atoms with Gasteiger partial charge in [-0.25, -0.2) is 0 Å². The minimum absolute atomic E-state index is 0.509. The standard InChI is InChI=1S/C18H21NO2/c1-20-17-8-7-15(18(11-17)21-2)12-19-16-9-13-5-3-4-6-14(13)10-16/h3-8,11,16,19H,9-10,12H2,1-2H3. The largest absolute Gasteiger partial charge is 0.497 e. The Hall–Kier alpha value is -2.00. The van der Waals surface area contributed by atoms with Gasteiger partial charge in [-0.15, -0.1) is 0 Å². The normalized spacial score (nSPS) is 14.0. The van der Waals surface area contributed by atoms with E-state index < -0.39 is 0 Å². The van der Waals surface area contributed by atoms with Crippen molar-refractivity contribution in [1.29, 1.82) is 0 Å². The smallest absolute Gasteiger partial charge is 0.127 e. The second-order valence-electron chi connectivity index (χ2n) is 5.43.